The lowest BCUT2D eigenvalue weighted by atomic mass is 9.99. The van der Waals surface area contributed by atoms with Gasteiger partial charge in [-0.05, 0) is 49.2 Å². The molecule has 6 nitrogen and oxygen atoms in total. The molecular formula is C22H20ClN5O. The van der Waals surface area contributed by atoms with Gasteiger partial charge < -0.3 is 10.2 Å². The minimum absolute atomic E-state index is 0.0974. The smallest absolute Gasteiger partial charge is 0.327 e. The average Bonchev–Trinajstić information content (AvgIpc) is 2.74. The van der Waals surface area contributed by atoms with E-state index in [0.717, 1.165) is 48.6 Å². The summed E-state index contributed by atoms with van der Waals surface area (Å²) in [6.07, 6.45) is 5.34. The number of amides is 2. The van der Waals surface area contributed by atoms with E-state index in [1.165, 1.54) is 0 Å². The van der Waals surface area contributed by atoms with Gasteiger partial charge in [-0.1, -0.05) is 23.7 Å². The third-order valence-electron chi connectivity index (χ3n) is 5.46. The first-order valence-electron chi connectivity index (χ1n) is 9.71. The van der Waals surface area contributed by atoms with Gasteiger partial charge in [0.1, 0.15) is 0 Å². The number of piperidine rings is 1. The summed E-state index contributed by atoms with van der Waals surface area (Å²) in [6, 6.07) is 15.2. The van der Waals surface area contributed by atoms with Gasteiger partial charge in [-0.2, -0.15) is 0 Å². The van der Waals surface area contributed by atoms with Crippen molar-refractivity contribution in [1.82, 2.24) is 9.97 Å². The highest BCUT2D eigenvalue weighted by molar-refractivity contribution is 6.30. The topological polar surface area (TPSA) is 61.4 Å². The second-order valence-electron chi connectivity index (χ2n) is 7.33. The summed E-state index contributed by atoms with van der Waals surface area (Å²) in [6.45, 7) is 1.82. The fraction of sp³-hybridized carbons (Fsp3) is 0.227. The number of fused-ring (bicyclic) bond motifs is 4. The summed E-state index contributed by atoms with van der Waals surface area (Å²) in [7, 11) is 0. The van der Waals surface area contributed by atoms with Crippen molar-refractivity contribution in [3.63, 3.8) is 0 Å². The van der Waals surface area contributed by atoms with E-state index >= 15 is 0 Å². The molecule has 1 atom stereocenters. The first kappa shape index (κ1) is 17.9. The number of urea groups is 1. The maximum absolute atomic E-state index is 13.2. The van der Waals surface area contributed by atoms with Crippen LogP contribution in [0.5, 0.6) is 0 Å². The number of carbonyl (C=O) groups is 1. The molecule has 7 heteroatoms. The van der Waals surface area contributed by atoms with Crippen LogP contribution in [0.3, 0.4) is 0 Å². The van der Waals surface area contributed by atoms with Crippen LogP contribution in [0.15, 0.2) is 60.9 Å². The van der Waals surface area contributed by atoms with E-state index in [0.29, 0.717) is 10.8 Å². The Morgan fingerprint density at radius 3 is 2.83 bits per heavy atom. The van der Waals surface area contributed by atoms with Crippen LogP contribution in [-0.2, 0) is 0 Å². The van der Waals surface area contributed by atoms with Gasteiger partial charge in [0.05, 0.1) is 17.4 Å². The third-order valence-corrected chi connectivity index (χ3v) is 5.69. The third kappa shape index (κ3) is 3.40. The van der Waals surface area contributed by atoms with Crippen LogP contribution in [0, 0.1) is 0 Å². The lowest BCUT2D eigenvalue weighted by Gasteiger charge is -2.45. The van der Waals surface area contributed by atoms with Gasteiger partial charge in [-0.15, -0.1) is 0 Å². The number of carbonyl (C=O) groups excluding carboxylic acids is 1. The first-order chi connectivity index (χ1) is 14.2. The molecule has 0 aliphatic carbocycles. The van der Waals surface area contributed by atoms with Crippen LogP contribution in [-0.4, -0.2) is 35.1 Å². The molecule has 0 saturated carbocycles. The lowest BCUT2D eigenvalue weighted by molar-refractivity contribution is 0.252. The van der Waals surface area contributed by atoms with Crippen molar-refractivity contribution in [2.24, 2.45) is 0 Å². The van der Waals surface area contributed by atoms with Gasteiger partial charge in [0.2, 0.25) is 0 Å². The lowest BCUT2D eigenvalue weighted by Crippen LogP contribution is -2.56. The van der Waals surface area contributed by atoms with E-state index in [1.807, 2.05) is 35.2 Å². The Hall–Kier alpha value is -3.12. The highest BCUT2D eigenvalue weighted by atomic mass is 35.5. The second-order valence-corrected chi connectivity index (χ2v) is 7.76. The molecule has 2 aliphatic heterocycles. The van der Waals surface area contributed by atoms with Crippen LogP contribution in [0.1, 0.15) is 12.8 Å². The number of nitrogens with zero attached hydrogens (tertiary/aromatic N) is 4. The molecular weight excluding hydrogens is 386 g/mol. The van der Waals surface area contributed by atoms with Crippen LogP contribution in [0.25, 0.3) is 11.3 Å². The zero-order chi connectivity index (χ0) is 19.8. The van der Waals surface area contributed by atoms with Crippen molar-refractivity contribution in [3.8, 4) is 11.3 Å². The Labute approximate surface area is 174 Å². The Morgan fingerprint density at radius 1 is 1.14 bits per heavy atom. The maximum Gasteiger partial charge on any atom is 0.327 e. The molecule has 1 fully saturated rings. The Morgan fingerprint density at radius 2 is 2.00 bits per heavy atom. The molecule has 0 radical (unpaired) electrons. The van der Waals surface area contributed by atoms with E-state index < -0.39 is 0 Å². The van der Waals surface area contributed by atoms with E-state index in [1.54, 1.807) is 24.5 Å². The average molecular weight is 406 g/mol. The molecule has 2 aliphatic rings. The van der Waals surface area contributed by atoms with Gasteiger partial charge in [0, 0.05) is 41.8 Å². The van der Waals surface area contributed by atoms with Gasteiger partial charge in [0.15, 0.2) is 5.82 Å². The molecule has 5 rings (SSSR count). The van der Waals surface area contributed by atoms with Crippen molar-refractivity contribution in [2.75, 3.05) is 28.2 Å². The summed E-state index contributed by atoms with van der Waals surface area (Å²) in [5.41, 5.74) is 3.45. The molecule has 2 bridgehead atoms. The van der Waals surface area contributed by atoms with E-state index in [9.17, 15) is 4.79 Å². The number of halogens is 1. The zero-order valence-corrected chi connectivity index (χ0v) is 16.5. The fourth-order valence-electron chi connectivity index (χ4n) is 4.11. The van der Waals surface area contributed by atoms with E-state index in [2.05, 4.69) is 21.3 Å². The largest absolute Gasteiger partial charge is 0.366 e. The first-order valence-corrected chi connectivity index (χ1v) is 10.1. The molecule has 4 heterocycles. The molecule has 0 unspecified atom stereocenters. The molecule has 3 aromatic rings. The SMILES string of the molecule is O=C(Nc1ccncc1)N1c2nc(-c3cccc(Cl)c3)ccc2N2CCC[C@H]1C2. The number of hydrogen-bond acceptors (Lipinski definition) is 4. The van der Waals surface area contributed by atoms with Crippen LogP contribution < -0.4 is 15.1 Å². The summed E-state index contributed by atoms with van der Waals surface area (Å²) in [4.78, 5) is 26.3. The molecule has 1 N–H and O–H groups in total. The summed E-state index contributed by atoms with van der Waals surface area (Å²) in [5, 5.41) is 3.65. The quantitative estimate of drug-likeness (QED) is 0.664. The highest BCUT2D eigenvalue weighted by Crippen LogP contribution is 2.39. The zero-order valence-electron chi connectivity index (χ0n) is 15.8. The van der Waals surface area contributed by atoms with Gasteiger partial charge >= 0.3 is 6.03 Å². The van der Waals surface area contributed by atoms with Crippen LogP contribution in [0.4, 0.5) is 22.0 Å². The van der Waals surface area contributed by atoms with Crippen LogP contribution in [0.2, 0.25) is 5.02 Å². The minimum atomic E-state index is -0.167. The van der Waals surface area contributed by atoms with Crippen molar-refractivity contribution in [1.29, 1.82) is 0 Å². The minimum Gasteiger partial charge on any atom is -0.366 e. The van der Waals surface area contributed by atoms with E-state index in [4.69, 9.17) is 16.6 Å². The molecule has 1 saturated heterocycles. The second kappa shape index (κ2) is 7.37. The predicted molar refractivity (Wildman–Crippen MR) is 116 cm³/mol. The number of nitrogens with one attached hydrogen (secondary N) is 1. The van der Waals surface area contributed by atoms with Crippen LogP contribution >= 0.6 is 11.6 Å². The maximum atomic E-state index is 13.2. The normalized spacial score (nSPS) is 17.6. The van der Waals surface area contributed by atoms with Crippen molar-refractivity contribution in [3.05, 3.63) is 65.9 Å². The molecule has 2 amide bonds. The molecule has 1 aromatic carbocycles. The molecule has 2 aromatic heterocycles. The molecule has 0 spiro atoms. The number of aromatic nitrogens is 2. The fourth-order valence-corrected chi connectivity index (χ4v) is 4.30. The van der Waals surface area contributed by atoms with Gasteiger partial charge in [-0.25, -0.2) is 9.78 Å². The van der Waals surface area contributed by atoms with Crippen molar-refractivity contribution >= 4 is 34.8 Å². The van der Waals surface area contributed by atoms with E-state index in [-0.39, 0.29) is 12.1 Å². The monoisotopic (exact) mass is 405 g/mol. The van der Waals surface area contributed by atoms with Crippen molar-refractivity contribution in [2.45, 2.75) is 18.9 Å². The predicted octanol–water partition coefficient (Wildman–Crippen LogP) is 4.82. The van der Waals surface area contributed by atoms with Gasteiger partial charge in [-0.3, -0.25) is 9.88 Å². The Kier molecular flexibility index (Phi) is 4.56. The number of hydrogen-bond donors (Lipinski definition) is 1. The Balaban J connectivity index is 1.56. The highest BCUT2D eigenvalue weighted by Gasteiger charge is 2.38. The summed E-state index contributed by atoms with van der Waals surface area (Å²) in [5.74, 6) is 0.699. The summed E-state index contributed by atoms with van der Waals surface area (Å²) >= 11 is 6.17. The Bertz CT molecular complexity index is 1060. The number of anilines is 3. The van der Waals surface area contributed by atoms with Crippen molar-refractivity contribution < 1.29 is 4.79 Å². The standard InChI is InChI=1S/C22H20ClN5O/c23-16-4-1-3-15(13-16)19-6-7-20-21(26-19)28(18-5-2-12-27(20)14-18)22(29)25-17-8-10-24-11-9-17/h1,3-4,6-11,13,18H,2,5,12,14H2,(H,24,25,29)/t18-/m0/s1. The molecule has 29 heavy (non-hydrogen) atoms. The molecule has 146 valence electrons. The summed E-state index contributed by atoms with van der Waals surface area (Å²) < 4.78 is 0. The number of pyridine rings is 2. The number of benzene rings is 1. The number of rotatable bonds is 2. The van der Waals surface area contributed by atoms with Gasteiger partial charge in [0.25, 0.3) is 0 Å².